The third-order valence-electron chi connectivity index (χ3n) is 8.90. The van der Waals surface area contributed by atoms with Crippen molar-refractivity contribution in [1.29, 1.82) is 0 Å². The standard InChI is InChI=1S/C24H36ClN3/c1-3-20-7-6-16-5-4-8-24(20,14-16)22-26-21(27-23(25)28-22)19-12-17-9-15(2)10-18(11-17)13-19/h15-20H,3-14H2,1-2H3. The highest BCUT2D eigenvalue weighted by Crippen LogP contribution is 2.54. The third kappa shape index (κ3) is 3.40. The molecule has 1 aromatic rings. The fourth-order valence-electron chi connectivity index (χ4n) is 7.90. The Kier molecular flexibility index (Phi) is 5.18. The minimum absolute atomic E-state index is 0.163. The van der Waals surface area contributed by atoms with Crippen molar-refractivity contribution >= 4 is 11.6 Å². The van der Waals surface area contributed by atoms with E-state index in [9.17, 15) is 0 Å². The molecule has 0 saturated heterocycles. The number of hydrogen-bond acceptors (Lipinski definition) is 3. The second-order valence-corrected chi connectivity index (χ2v) is 11.1. The van der Waals surface area contributed by atoms with E-state index in [1.54, 1.807) is 0 Å². The molecule has 5 unspecified atom stereocenters. The molecule has 3 nitrogen and oxygen atoms in total. The molecule has 4 fully saturated rings. The molecule has 1 heterocycles. The summed E-state index contributed by atoms with van der Waals surface area (Å²) in [7, 11) is 0. The lowest BCUT2D eigenvalue weighted by atomic mass is 9.55. The lowest BCUT2D eigenvalue weighted by Gasteiger charge is -2.49. The van der Waals surface area contributed by atoms with E-state index in [2.05, 4.69) is 13.8 Å². The number of halogens is 1. The molecule has 0 spiro atoms. The second kappa shape index (κ2) is 7.52. The van der Waals surface area contributed by atoms with Crippen LogP contribution in [0.25, 0.3) is 0 Å². The van der Waals surface area contributed by atoms with Crippen LogP contribution in [0, 0.1) is 29.6 Å². The highest BCUT2D eigenvalue weighted by Gasteiger charge is 2.49. The molecular formula is C24H36ClN3. The van der Waals surface area contributed by atoms with E-state index in [0.29, 0.717) is 17.1 Å². The summed E-state index contributed by atoms with van der Waals surface area (Å²) in [5, 5.41) is 0.445. The van der Waals surface area contributed by atoms with E-state index >= 15 is 0 Å². The second-order valence-electron chi connectivity index (χ2n) is 10.8. The first-order valence-electron chi connectivity index (χ1n) is 12.0. The fourth-order valence-corrected chi connectivity index (χ4v) is 8.07. The largest absolute Gasteiger partial charge is 0.225 e. The van der Waals surface area contributed by atoms with E-state index in [-0.39, 0.29) is 5.41 Å². The number of aromatic nitrogens is 3. The van der Waals surface area contributed by atoms with Crippen molar-refractivity contribution < 1.29 is 0 Å². The average Bonchev–Trinajstić information content (AvgIpc) is 2.67. The monoisotopic (exact) mass is 401 g/mol. The molecule has 4 aliphatic carbocycles. The lowest BCUT2D eigenvalue weighted by Crippen LogP contribution is -2.45. The lowest BCUT2D eigenvalue weighted by molar-refractivity contribution is 0.0710. The maximum Gasteiger partial charge on any atom is 0.225 e. The summed E-state index contributed by atoms with van der Waals surface area (Å²) in [6, 6.07) is 0. The van der Waals surface area contributed by atoms with Gasteiger partial charge in [-0.3, -0.25) is 0 Å². The third-order valence-corrected chi connectivity index (χ3v) is 9.06. The predicted molar refractivity (Wildman–Crippen MR) is 113 cm³/mol. The van der Waals surface area contributed by atoms with E-state index in [4.69, 9.17) is 26.6 Å². The topological polar surface area (TPSA) is 38.7 Å². The molecule has 0 N–H and O–H groups in total. The Balaban J connectivity index is 1.48. The molecule has 4 bridgehead atoms. The highest BCUT2D eigenvalue weighted by molar-refractivity contribution is 6.28. The zero-order chi connectivity index (χ0) is 19.3. The first kappa shape index (κ1) is 19.3. The summed E-state index contributed by atoms with van der Waals surface area (Å²) in [6.07, 6.45) is 15.9. The quantitative estimate of drug-likeness (QED) is 0.565. The zero-order valence-electron chi connectivity index (χ0n) is 17.7. The van der Waals surface area contributed by atoms with Crippen molar-refractivity contribution in [3.63, 3.8) is 0 Å². The predicted octanol–water partition coefficient (Wildman–Crippen LogP) is 6.70. The van der Waals surface area contributed by atoms with Gasteiger partial charge < -0.3 is 0 Å². The van der Waals surface area contributed by atoms with Gasteiger partial charge in [0.15, 0.2) is 0 Å². The number of rotatable bonds is 3. The van der Waals surface area contributed by atoms with Crippen molar-refractivity contribution in [2.24, 2.45) is 29.6 Å². The van der Waals surface area contributed by atoms with Crippen molar-refractivity contribution in [3.05, 3.63) is 16.9 Å². The summed E-state index contributed by atoms with van der Waals surface area (Å²) in [5.41, 5.74) is 0.163. The van der Waals surface area contributed by atoms with E-state index in [1.165, 1.54) is 77.0 Å². The van der Waals surface area contributed by atoms with Crippen molar-refractivity contribution in [1.82, 2.24) is 15.0 Å². The van der Waals surface area contributed by atoms with Gasteiger partial charge in [0.05, 0.1) is 0 Å². The Labute approximate surface area is 175 Å². The van der Waals surface area contributed by atoms with E-state index in [1.807, 2.05) is 0 Å². The van der Waals surface area contributed by atoms with E-state index in [0.717, 1.165) is 35.3 Å². The molecule has 5 atom stereocenters. The molecule has 0 radical (unpaired) electrons. The fraction of sp³-hybridized carbons (Fsp3) is 0.875. The molecule has 4 aliphatic rings. The van der Waals surface area contributed by atoms with Crippen LogP contribution in [-0.2, 0) is 5.41 Å². The van der Waals surface area contributed by atoms with Gasteiger partial charge in [-0.2, -0.15) is 0 Å². The summed E-state index contributed by atoms with van der Waals surface area (Å²) < 4.78 is 0. The smallest absolute Gasteiger partial charge is 0.217 e. The van der Waals surface area contributed by atoms with Crippen LogP contribution in [0.5, 0.6) is 0 Å². The van der Waals surface area contributed by atoms with Gasteiger partial charge in [0.2, 0.25) is 5.28 Å². The first-order chi connectivity index (χ1) is 13.6. The van der Waals surface area contributed by atoms with Gasteiger partial charge in [0.1, 0.15) is 11.6 Å². The molecule has 28 heavy (non-hydrogen) atoms. The Morgan fingerprint density at radius 1 is 0.929 bits per heavy atom. The Bertz CT molecular complexity index is 704. The molecule has 154 valence electrons. The summed E-state index contributed by atoms with van der Waals surface area (Å²) in [5.74, 6) is 6.78. The van der Waals surface area contributed by atoms with Crippen LogP contribution in [0.15, 0.2) is 0 Å². The van der Waals surface area contributed by atoms with Crippen LogP contribution in [-0.4, -0.2) is 15.0 Å². The normalized spacial score (nSPS) is 43.0. The molecule has 0 aliphatic heterocycles. The van der Waals surface area contributed by atoms with Crippen LogP contribution in [0.1, 0.15) is 108 Å². The molecule has 0 amide bonds. The molecule has 4 heteroatoms. The maximum absolute atomic E-state index is 6.53. The van der Waals surface area contributed by atoms with Gasteiger partial charge in [-0.25, -0.2) is 15.0 Å². The van der Waals surface area contributed by atoms with Crippen LogP contribution in [0.4, 0.5) is 0 Å². The minimum Gasteiger partial charge on any atom is -0.217 e. The maximum atomic E-state index is 6.53. The van der Waals surface area contributed by atoms with Crippen molar-refractivity contribution in [3.8, 4) is 0 Å². The van der Waals surface area contributed by atoms with Crippen LogP contribution < -0.4 is 0 Å². The van der Waals surface area contributed by atoms with Crippen molar-refractivity contribution in [2.45, 2.75) is 102 Å². The van der Waals surface area contributed by atoms with Gasteiger partial charge in [0.25, 0.3) is 0 Å². The average molecular weight is 402 g/mol. The van der Waals surface area contributed by atoms with Crippen LogP contribution in [0.2, 0.25) is 5.28 Å². The molecule has 0 aromatic carbocycles. The Morgan fingerprint density at radius 2 is 1.71 bits per heavy atom. The molecule has 5 rings (SSSR count). The van der Waals surface area contributed by atoms with Crippen LogP contribution in [0.3, 0.4) is 0 Å². The van der Waals surface area contributed by atoms with Crippen LogP contribution >= 0.6 is 11.6 Å². The SMILES string of the molecule is CCC1CCC2CCCC1(c1nc(Cl)nc(C3CC4CC(C)CC(C4)C3)n1)C2. The molecule has 4 saturated carbocycles. The first-order valence-corrected chi connectivity index (χ1v) is 12.4. The number of hydrogen-bond donors (Lipinski definition) is 0. The van der Waals surface area contributed by atoms with Gasteiger partial charge in [0, 0.05) is 11.3 Å². The number of nitrogens with zero attached hydrogens (tertiary/aromatic N) is 3. The Morgan fingerprint density at radius 3 is 2.46 bits per heavy atom. The van der Waals surface area contributed by atoms with Gasteiger partial charge in [-0.05, 0) is 92.6 Å². The van der Waals surface area contributed by atoms with Crippen molar-refractivity contribution in [2.75, 3.05) is 0 Å². The summed E-state index contributed by atoms with van der Waals surface area (Å²) in [6.45, 7) is 4.79. The summed E-state index contributed by atoms with van der Waals surface area (Å²) in [4.78, 5) is 14.7. The highest BCUT2D eigenvalue weighted by atomic mass is 35.5. The minimum atomic E-state index is 0.163. The summed E-state index contributed by atoms with van der Waals surface area (Å²) >= 11 is 6.53. The van der Waals surface area contributed by atoms with Gasteiger partial charge in [-0.1, -0.05) is 39.5 Å². The zero-order valence-corrected chi connectivity index (χ0v) is 18.4. The van der Waals surface area contributed by atoms with Gasteiger partial charge >= 0.3 is 0 Å². The molecule has 1 aromatic heterocycles. The molecular weight excluding hydrogens is 366 g/mol. The number of fused-ring (bicyclic) bond motifs is 4. The Hall–Kier alpha value is -0.700. The van der Waals surface area contributed by atoms with Gasteiger partial charge in [-0.15, -0.1) is 0 Å². The van der Waals surface area contributed by atoms with E-state index < -0.39 is 0 Å².